The summed E-state index contributed by atoms with van der Waals surface area (Å²) in [4.78, 5) is 12.3. The molecule has 1 amide bonds. The smallest absolute Gasteiger partial charge is 0.246 e. The first-order valence-electron chi connectivity index (χ1n) is 8.83. The van der Waals surface area contributed by atoms with Crippen molar-refractivity contribution in [1.82, 2.24) is 10.6 Å². The third kappa shape index (κ3) is 7.13. The van der Waals surface area contributed by atoms with Gasteiger partial charge in [-0.15, -0.1) is 0 Å². The second kappa shape index (κ2) is 9.31. The standard InChI is InChI=1S/C18H33N3O4/c1-17(2,12-22)14(19)11-15(23)21-16(24)18(3,4)20-8-5-13-6-9-25-10-7-13/h11,13,19-20,22-23H,5-10,12H2,1-4H3,(H,21,24)/b15-11-,19-14?. The molecule has 1 heterocycles. The van der Waals surface area contributed by atoms with Gasteiger partial charge in [-0.25, -0.2) is 0 Å². The van der Waals surface area contributed by atoms with Gasteiger partial charge in [0.25, 0.3) is 0 Å². The molecule has 0 aliphatic carbocycles. The first-order valence-corrected chi connectivity index (χ1v) is 8.83. The maximum atomic E-state index is 12.3. The number of allylic oxidation sites excluding steroid dienone is 1. The quantitative estimate of drug-likeness (QED) is 0.319. The van der Waals surface area contributed by atoms with Crippen LogP contribution in [0.5, 0.6) is 0 Å². The van der Waals surface area contributed by atoms with Crippen molar-refractivity contribution in [3.05, 3.63) is 12.0 Å². The lowest BCUT2D eigenvalue weighted by molar-refractivity contribution is -0.126. The number of aliphatic hydroxyl groups excluding tert-OH is 2. The van der Waals surface area contributed by atoms with Crippen molar-refractivity contribution < 1.29 is 19.7 Å². The van der Waals surface area contributed by atoms with E-state index in [1.807, 2.05) is 0 Å². The molecule has 7 heteroatoms. The van der Waals surface area contributed by atoms with Crippen molar-refractivity contribution in [2.24, 2.45) is 11.3 Å². The van der Waals surface area contributed by atoms with Crippen LogP contribution in [0.2, 0.25) is 0 Å². The van der Waals surface area contributed by atoms with Crippen molar-refractivity contribution in [2.75, 3.05) is 26.4 Å². The average molecular weight is 355 g/mol. The Morgan fingerprint density at radius 1 is 1.28 bits per heavy atom. The number of amides is 1. The van der Waals surface area contributed by atoms with Gasteiger partial charge >= 0.3 is 0 Å². The number of hydrogen-bond acceptors (Lipinski definition) is 6. The fourth-order valence-electron chi connectivity index (χ4n) is 2.43. The molecule has 0 aromatic rings. The van der Waals surface area contributed by atoms with Crippen LogP contribution in [0.25, 0.3) is 0 Å². The van der Waals surface area contributed by atoms with Gasteiger partial charge in [0, 0.05) is 30.4 Å². The molecular weight excluding hydrogens is 322 g/mol. The van der Waals surface area contributed by atoms with E-state index in [9.17, 15) is 15.0 Å². The number of aliphatic hydroxyl groups is 2. The van der Waals surface area contributed by atoms with Gasteiger partial charge in [0.05, 0.1) is 12.1 Å². The van der Waals surface area contributed by atoms with E-state index in [-0.39, 0.29) is 18.2 Å². The summed E-state index contributed by atoms with van der Waals surface area (Å²) in [7, 11) is 0. The lowest BCUT2D eigenvalue weighted by atomic mass is 9.88. The fraction of sp³-hybridized carbons (Fsp3) is 0.778. The molecule has 1 saturated heterocycles. The number of carbonyl (C=O) groups is 1. The summed E-state index contributed by atoms with van der Waals surface area (Å²) >= 11 is 0. The van der Waals surface area contributed by atoms with E-state index in [1.165, 1.54) is 0 Å². The molecule has 0 saturated carbocycles. The van der Waals surface area contributed by atoms with Gasteiger partial charge in [0.1, 0.15) is 0 Å². The Balaban J connectivity index is 2.48. The number of nitrogens with one attached hydrogen (secondary N) is 3. The van der Waals surface area contributed by atoms with Gasteiger partial charge in [-0.3, -0.25) is 10.1 Å². The zero-order chi connectivity index (χ0) is 19.1. The third-order valence-electron chi connectivity index (χ3n) is 4.68. The van der Waals surface area contributed by atoms with E-state index in [0.29, 0.717) is 12.5 Å². The summed E-state index contributed by atoms with van der Waals surface area (Å²) in [5.74, 6) is -0.145. The zero-order valence-corrected chi connectivity index (χ0v) is 15.8. The Morgan fingerprint density at radius 3 is 2.44 bits per heavy atom. The molecule has 1 aliphatic rings. The molecule has 0 aromatic heterocycles. The normalized spacial score (nSPS) is 17.4. The summed E-state index contributed by atoms with van der Waals surface area (Å²) < 4.78 is 5.34. The highest BCUT2D eigenvalue weighted by molar-refractivity contribution is 5.97. The number of ether oxygens (including phenoxy) is 1. The molecule has 0 unspecified atom stereocenters. The third-order valence-corrected chi connectivity index (χ3v) is 4.68. The van der Waals surface area contributed by atoms with Crippen molar-refractivity contribution in [3.8, 4) is 0 Å². The van der Waals surface area contributed by atoms with Gasteiger partial charge in [0.15, 0.2) is 5.88 Å². The van der Waals surface area contributed by atoms with Crippen LogP contribution in [0.1, 0.15) is 47.0 Å². The van der Waals surface area contributed by atoms with Gasteiger partial charge in [-0.1, -0.05) is 13.8 Å². The van der Waals surface area contributed by atoms with Crippen molar-refractivity contribution >= 4 is 11.6 Å². The molecule has 144 valence electrons. The van der Waals surface area contributed by atoms with Crippen molar-refractivity contribution in [2.45, 2.75) is 52.5 Å². The van der Waals surface area contributed by atoms with Crippen LogP contribution in [0.15, 0.2) is 12.0 Å². The molecule has 1 aliphatic heterocycles. The van der Waals surface area contributed by atoms with Crippen LogP contribution >= 0.6 is 0 Å². The Labute approximate surface area is 150 Å². The van der Waals surface area contributed by atoms with Crippen molar-refractivity contribution in [3.63, 3.8) is 0 Å². The van der Waals surface area contributed by atoms with Crippen LogP contribution < -0.4 is 10.6 Å². The maximum absolute atomic E-state index is 12.3. The van der Waals surface area contributed by atoms with E-state index < -0.39 is 16.8 Å². The Hall–Kier alpha value is -1.44. The minimum Gasteiger partial charge on any atom is -0.494 e. The molecule has 0 spiro atoms. The Kier molecular flexibility index (Phi) is 8.05. The molecule has 5 N–H and O–H groups in total. The highest BCUT2D eigenvalue weighted by Crippen LogP contribution is 2.18. The van der Waals surface area contributed by atoms with Crippen molar-refractivity contribution in [1.29, 1.82) is 5.41 Å². The second-order valence-corrected chi connectivity index (χ2v) is 7.84. The predicted octanol–water partition coefficient (Wildman–Crippen LogP) is 1.73. The molecule has 25 heavy (non-hydrogen) atoms. The van der Waals surface area contributed by atoms with Crippen LogP contribution in [0.4, 0.5) is 0 Å². The predicted molar refractivity (Wildman–Crippen MR) is 97.7 cm³/mol. The molecule has 0 radical (unpaired) electrons. The zero-order valence-electron chi connectivity index (χ0n) is 15.8. The largest absolute Gasteiger partial charge is 0.494 e. The Bertz CT molecular complexity index is 495. The first-order chi connectivity index (χ1) is 11.6. The van der Waals surface area contributed by atoms with Crippen LogP contribution in [-0.2, 0) is 9.53 Å². The topological polar surface area (TPSA) is 115 Å². The summed E-state index contributed by atoms with van der Waals surface area (Å²) in [6.07, 6.45) is 4.25. The number of rotatable bonds is 9. The molecule has 0 atom stereocenters. The van der Waals surface area contributed by atoms with Crippen LogP contribution in [-0.4, -0.2) is 53.7 Å². The summed E-state index contributed by atoms with van der Waals surface area (Å²) in [6, 6.07) is 0. The molecule has 0 aromatic carbocycles. The second-order valence-electron chi connectivity index (χ2n) is 7.84. The maximum Gasteiger partial charge on any atom is 0.246 e. The van der Waals surface area contributed by atoms with Crippen LogP contribution in [0, 0.1) is 16.7 Å². The first kappa shape index (κ1) is 21.6. The molecular formula is C18H33N3O4. The van der Waals surface area contributed by atoms with E-state index in [0.717, 1.165) is 38.6 Å². The minimum absolute atomic E-state index is 0.0399. The molecule has 7 nitrogen and oxygen atoms in total. The SMILES string of the molecule is CC(C)(CO)C(=N)/C=C(\O)NC(=O)C(C)(C)NCCC1CCOCC1. The summed E-state index contributed by atoms with van der Waals surface area (Å²) in [5, 5.41) is 32.6. The average Bonchev–Trinajstić information content (AvgIpc) is 2.55. The van der Waals surface area contributed by atoms with E-state index in [4.69, 9.17) is 10.1 Å². The molecule has 1 rings (SSSR count). The lowest BCUT2D eigenvalue weighted by Crippen LogP contribution is -2.53. The fourth-order valence-corrected chi connectivity index (χ4v) is 2.43. The van der Waals surface area contributed by atoms with Gasteiger partial charge < -0.3 is 25.7 Å². The van der Waals surface area contributed by atoms with Gasteiger partial charge in [0.2, 0.25) is 5.91 Å². The minimum atomic E-state index is -0.846. The van der Waals surface area contributed by atoms with E-state index >= 15 is 0 Å². The van der Waals surface area contributed by atoms with E-state index in [1.54, 1.807) is 27.7 Å². The lowest BCUT2D eigenvalue weighted by Gasteiger charge is -2.27. The highest BCUT2D eigenvalue weighted by Gasteiger charge is 2.28. The van der Waals surface area contributed by atoms with Gasteiger partial charge in [-0.2, -0.15) is 0 Å². The van der Waals surface area contributed by atoms with Crippen LogP contribution in [0.3, 0.4) is 0 Å². The Morgan fingerprint density at radius 2 is 1.88 bits per heavy atom. The molecule has 1 fully saturated rings. The summed E-state index contributed by atoms with van der Waals surface area (Å²) in [6.45, 7) is 8.98. The monoisotopic (exact) mass is 355 g/mol. The van der Waals surface area contributed by atoms with E-state index in [2.05, 4.69) is 10.6 Å². The number of carbonyl (C=O) groups excluding carboxylic acids is 1. The molecule has 0 bridgehead atoms. The summed E-state index contributed by atoms with van der Waals surface area (Å²) in [5.41, 5.74) is -1.59. The highest BCUT2D eigenvalue weighted by atomic mass is 16.5. The van der Waals surface area contributed by atoms with Gasteiger partial charge in [-0.05, 0) is 45.6 Å². The number of hydrogen-bond donors (Lipinski definition) is 5.